The highest BCUT2D eigenvalue weighted by Gasteiger charge is 2.37. The first-order chi connectivity index (χ1) is 13.7. The molecular formula is C31H48. The molecule has 0 amide bonds. The van der Waals surface area contributed by atoms with Crippen molar-refractivity contribution in [1.29, 1.82) is 0 Å². The number of hydrogen-bond acceptors (Lipinski definition) is 0. The minimum Gasteiger partial charge on any atom is -0.0616 e. The van der Waals surface area contributed by atoms with E-state index in [0.717, 1.165) is 0 Å². The number of rotatable bonds is 2. The van der Waals surface area contributed by atoms with E-state index in [-0.39, 0.29) is 27.1 Å². The molecule has 0 N–H and O–H groups in total. The van der Waals surface area contributed by atoms with Crippen molar-refractivity contribution in [3.8, 4) is 0 Å². The Balaban J connectivity index is 2.91. The molecule has 0 unspecified atom stereocenters. The summed E-state index contributed by atoms with van der Waals surface area (Å²) in [6.07, 6.45) is 0. The molecule has 0 radical (unpaired) electrons. The lowest BCUT2D eigenvalue weighted by molar-refractivity contribution is 0.499. The lowest BCUT2D eigenvalue weighted by Gasteiger charge is -2.40. The molecular weight excluding hydrogens is 372 g/mol. The lowest BCUT2D eigenvalue weighted by atomic mass is 9.64. The van der Waals surface area contributed by atoms with Crippen LogP contribution in [0.4, 0.5) is 0 Å². The molecule has 0 aliphatic carbocycles. The van der Waals surface area contributed by atoms with Crippen LogP contribution in [0.25, 0.3) is 0 Å². The first-order valence-electron chi connectivity index (χ1n) is 12.0. The van der Waals surface area contributed by atoms with Crippen LogP contribution in [0.5, 0.6) is 0 Å². The molecule has 0 atom stereocenters. The van der Waals surface area contributed by atoms with Gasteiger partial charge in [-0.3, -0.25) is 0 Å². The van der Waals surface area contributed by atoms with Crippen molar-refractivity contribution in [2.45, 2.75) is 124 Å². The molecule has 0 heterocycles. The Labute approximate surface area is 193 Å². The molecule has 0 heteroatoms. The molecule has 2 aromatic rings. The van der Waals surface area contributed by atoms with Crippen LogP contribution in [0.15, 0.2) is 36.4 Å². The van der Waals surface area contributed by atoms with Gasteiger partial charge in [0, 0.05) is 5.41 Å². The molecule has 0 aromatic heterocycles. The first-order valence-corrected chi connectivity index (χ1v) is 12.0. The maximum Gasteiger partial charge on any atom is 0.0152 e. The van der Waals surface area contributed by atoms with Crippen LogP contribution in [-0.4, -0.2) is 0 Å². The monoisotopic (exact) mass is 420 g/mol. The maximum atomic E-state index is 2.47. The molecule has 2 aromatic carbocycles. The Morgan fingerprint density at radius 3 is 1.32 bits per heavy atom. The number of benzene rings is 2. The van der Waals surface area contributed by atoms with E-state index in [1.54, 1.807) is 0 Å². The molecule has 0 spiro atoms. The van der Waals surface area contributed by atoms with Gasteiger partial charge in [0.05, 0.1) is 0 Å². The molecule has 0 aliphatic heterocycles. The summed E-state index contributed by atoms with van der Waals surface area (Å²) in [5.74, 6) is 0. The minimum atomic E-state index is -0.0943. The Kier molecular flexibility index (Phi) is 6.46. The van der Waals surface area contributed by atoms with Gasteiger partial charge in [-0.2, -0.15) is 0 Å². The molecule has 0 bridgehead atoms. The van der Waals surface area contributed by atoms with Gasteiger partial charge in [-0.1, -0.05) is 133 Å². The van der Waals surface area contributed by atoms with Crippen LogP contribution in [0, 0.1) is 0 Å². The van der Waals surface area contributed by atoms with Crippen molar-refractivity contribution in [1.82, 2.24) is 0 Å². The fraction of sp³-hybridized carbons (Fsp3) is 0.613. The second-order valence-electron chi connectivity index (χ2n) is 14.1. The third-order valence-electron chi connectivity index (χ3n) is 6.66. The van der Waals surface area contributed by atoms with Crippen LogP contribution in [0.1, 0.15) is 130 Å². The zero-order valence-electron chi connectivity index (χ0n) is 23.0. The van der Waals surface area contributed by atoms with Crippen LogP contribution < -0.4 is 0 Å². The first kappa shape index (κ1) is 25.7. The van der Waals surface area contributed by atoms with Crippen molar-refractivity contribution >= 4 is 0 Å². The fourth-order valence-corrected chi connectivity index (χ4v) is 4.83. The number of hydrogen-bond donors (Lipinski definition) is 0. The van der Waals surface area contributed by atoms with Crippen LogP contribution in [0.3, 0.4) is 0 Å². The predicted molar refractivity (Wildman–Crippen MR) is 140 cm³/mol. The van der Waals surface area contributed by atoms with Gasteiger partial charge in [-0.15, -0.1) is 0 Å². The highest BCUT2D eigenvalue weighted by molar-refractivity contribution is 5.54. The summed E-state index contributed by atoms with van der Waals surface area (Å²) in [5.41, 5.74) is 9.07. The van der Waals surface area contributed by atoms with Crippen molar-refractivity contribution in [2.24, 2.45) is 0 Å². The SMILES string of the molecule is CC(C)(C)c1ccc(C(C)(C)c2cccc(C(C)(C)C)c2C(C)(C)C)c(C(C)(C)C)c1. The predicted octanol–water partition coefficient (Wildman–Crippen LogP) is 9.20. The standard InChI is InChI=1S/C31H48/c1-27(2,3)21-18-19-22(25(20-21)29(7,8)9)31(13,14)24-17-15-16-23(28(4,5)6)26(24)30(10,11)12/h15-20H,1-14H3. The normalized spacial score (nSPS) is 14.1. The van der Waals surface area contributed by atoms with E-state index < -0.39 is 0 Å². The van der Waals surface area contributed by atoms with Crippen LogP contribution in [0.2, 0.25) is 0 Å². The molecule has 0 fully saturated rings. The van der Waals surface area contributed by atoms with Gasteiger partial charge in [0.25, 0.3) is 0 Å². The Morgan fingerprint density at radius 1 is 0.419 bits per heavy atom. The molecule has 0 saturated carbocycles. The quantitative estimate of drug-likeness (QED) is 0.454. The highest BCUT2D eigenvalue weighted by Crippen LogP contribution is 2.46. The van der Waals surface area contributed by atoms with Gasteiger partial charge < -0.3 is 0 Å². The third kappa shape index (κ3) is 5.27. The topological polar surface area (TPSA) is 0 Å². The summed E-state index contributed by atoms with van der Waals surface area (Å²) in [4.78, 5) is 0. The van der Waals surface area contributed by atoms with Gasteiger partial charge in [0.2, 0.25) is 0 Å². The Hall–Kier alpha value is -1.56. The summed E-state index contributed by atoms with van der Waals surface area (Å²) >= 11 is 0. The molecule has 0 aliphatic rings. The van der Waals surface area contributed by atoms with Gasteiger partial charge >= 0.3 is 0 Å². The van der Waals surface area contributed by atoms with Gasteiger partial charge in [0.1, 0.15) is 0 Å². The van der Waals surface area contributed by atoms with Crippen molar-refractivity contribution in [2.75, 3.05) is 0 Å². The molecule has 172 valence electrons. The van der Waals surface area contributed by atoms with E-state index in [2.05, 4.69) is 133 Å². The second-order valence-corrected chi connectivity index (χ2v) is 14.1. The van der Waals surface area contributed by atoms with Crippen LogP contribution >= 0.6 is 0 Å². The molecule has 2 rings (SSSR count). The van der Waals surface area contributed by atoms with Crippen molar-refractivity contribution < 1.29 is 0 Å². The van der Waals surface area contributed by atoms with Gasteiger partial charge in [-0.05, 0) is 55.0 Å². The summed E-state index contributed by atoms with van der Waals surface area (Å²) in [6, 6.07) is 14.2. The second kappa shape index (κ2) is 7.79. The third-order valence-corrected chi connectivity index (χ3v) is 6.66. The summed E-state index contributed by atoms with van der Waals surface area (Å²) in [7, 11) is 0. The van der Waals surface area contributed by atoms with Crippen molar-refractivity contribution in [3.63, 3.8) is 0 Å². The zero-order chi connectivity index (χ0) is 24.2. The van der Waals surface area contributed by atoms with Crippen LogP contribution in [-0.2, 0) is 27.1 Å². The lowest BCUT2D eigenvalue weighted by Crippen LogP contribution is -2.32. The van der Waals surface area contributed by atoms with E-state index in [9.17, 15) is 0 Å². The average Bonchev–Trinajstić information content (AvgIpc) is 2.57. The molecule has 0 saturated heterocycles. The maximum absolute atomic E-state index is 2.47. The van der Waals surface area contributed by atoms with E-state index in [0.29, 0.717) is 0 Å². The van der Waals surface area contributed by atoms with E-state index >= 15 is 0 Å². The summed E-state index contributed by atoms with van der Waals surface area (Å²) in [6.45, 7) is 32.9. The Morgan fingerprint density at radius 2 is 0.903 bits per heavy atom. The Bertz CT molecular complexity index is 926. The summed E-state index contributed by atoms with van der Waals surface area (Å²) in [5, 5.41) is 0. The van der Waals surface area contributed by atoms with Gasteiger partial charge in [-0.25, -0.2) is 0 Å². The average molecular weight is 421 g/mol. The molecule has 0 nitrogen and oxygen atoms in total. The largest absolute Gasteiger partial charge is 0.0616 e. The van der Waals surface area contributed by atoms with E-state index in [4.69, 9.17) is 0 Å². The smallest absolute Gasteiger partial charge is 0.0152 e. The zero-order valence-corrected chi connectivity index (χ0v) is 23.0. The van der Waals surface area contributed by atoms with E-state index in [1.807, 2.05) is 0 Å². The fourth-order valence-electron chi connectivity index (χ4n) is 4.83. The van der Waals surface area contributed by atoms with E-state index in [1.165, 1.54) is 33.4 Å². The van der Waals surface area contributed by atoms with Gasteiger partial charge in [0.15, 0.2) is 0 Å². The minimum absolute atomic E-state index is 0.0731. The highest BCUT2D eigenvalue weighted by atomic mass is 14.4. The molecule has 31 heavy (non-hydrogen) atoms. The summed E-state index contributed by atoms with van der Waals surface area (Å²) < 4.78 is 0. The van der Waals surface area contributed by atoms with Crippen molar-refractivity contribution in [3.05, 3.63) is 69.8 Å².